The number of hydrogen-bond acceptors (Lipinski definition) is 5. The zero-order chi connectivity index (χ0) is 20.9. The molecule has 0 saturated carbocycles. The molecule has 0 heterocycles. The van der Waals surface area contributed by atoms with Crippen LogP contribution in [-0.2, 0) is 14.3 Å². The first kappa shape index (κ1) is 26.0. The van der Waals surface area contributed by atoms with Gasteiger partial charge in [0.2, 0.25) is 0 Å². The van der Waals surface area contributed by atoms with Crippen molar-refractivity contribution in [2.75, 3.05) is 13.2 Å². The molecular formula is C23H36O5. The number of esters is 1. The molecule has 0 aliphatic rings. The SMILES string of the molecule is CCCCCC(=O)/C=C/C=C\C/C=C\C/C=C\CCCC(=O)OC(CO)CO. The van der Waals surface area contributed by atoms with Gasteiger partial charge in [0.25, 0.3) is 0 Å². The van der Waals surface area contributed by atoms with Crippen LogP contribution >= 0.6 is 0 Å². The van der Waals surface area contributed by atoms with Gasteiger partial charge >= 0.3 is 5.97 Å². The second-order valence-corrected chi connectivity index (χ2v) is 6.49. The van der Waals surface area contributed by atoms with Gasteiger partial charge in [-0.2, -0.15) is 0 Å². The summed E-state index contributed by atoms with van der Waals surface area (Å²) in [7, 11) is 0. The third kappa shape index (κ3) is 17.4. The van der Waals surface area contributed by atoms with Crippen LogP contribution in [0.1, 0.15) is 64.7 Å². The van der Waals surface area contributed by atoms with Crippen molar-refractivity contribution in [2.24, 2.45) is 0 Å². The van der Waals surface area contributed by atoms with E-state index in [9.17, 15) is 9.59 Å². The first-order chi connectivity index (χ1) is 13.6. The van der Waals surface area contributed by atoms with Crippen molar-refractivity contribution in [1.82, 2.24) is 0 Å². The van der Waals surface area contributed by atoms with Crippen LogP contribution in [0, 0.1) is 0 Å². The minimum Gasteiger partial charge on any atom is -0.457 e. The smallest absolute Gasteiger partial charge is 0.306 e. The highest BCUT2D eigenvalue weighted by atomic mass is 16.6. The molecule has 0 aliphatic heterocycles. The van der Waals surface area contributed by atoms with E-state index < -0.39 is 12.1 Å². The van der Waals surface area contributed by atoms with Crippen LogP contribution in [0.15, 0.2) is 48.6 Å². The highest BCUT2D eigenvalue weighted by Crippen LogP contribution is 2.03. The van der Waals surface area contributed by atoms with Crippen molar-refractivity contribution in [3.63, 3.8) is 0 Å². The molecule has 0 aliphatic carbocycles. The summed E-state index contributed by atoms with van der Waals surface area (Å²) in [6.45, 7) is 1.40. The predicted molar refractivity (Wildman–Crippen MR) is 113 cm³/mol. The molecule has 0 rings (SSSR count). The maximum absolute atomic E-state index is 11.5. The van der Waals surface area contributed by atoms with E-state index in [0.717, 1.165) is 38.5 Å². The summed E-state index contributed by atoms with van der Waals surface area (Å²) in [5, 5.41) is 17.7. The van der Waals surface area contributed by atoms with Gasteiger partial charge in [0.15, 0.2) is 5.78 Å². The lowest BCUT2D eigenvalue weighted by Gasteiger charge is -2.11. The molecule has 0 aromatic heterocycles. The second kappa shape index (κ2) is 19.8. The van der Waals surface area contributed by atoms with Crippen molar-refractivity contribution in [1.29, 1.82) is 0 Å². The molecule has 0 amide bonds. The summed E-state index contributed by atoms with van der Waals surface area (Å²) in [5.41, 5.74) is 0. The van der Waals surface area contributed by atoms with E-state index in [1.807, 2.05) is 24.3 Å². The molecule has 5 heteroatoms. The minimum absolute atomic E-state index is 0.189. The minimum atomic E-state index is -0.816. The molecule has 0 aromatic carbocycles. The summed E-state index contributed by atoms with van der Waals surface area (Å²) in [6, 6.07) is 0. The summed E-state index contributed by atoms with van der Waals surface area (Å²) < 4.78 is 4.88. The Bertz CT molecular complexity index is 513. The Morgan fingerprint density at radius 1 is 0.857 bits per heavy atom. The van der Waals surface area contributed by atoms with E-state index in [1.165, 1.54) is 0 Å². The number of ether oxygens (including phenoxy) is 1. The topological polar surface area (TPSA) is 83.8 Å². The summed E-state index contributed by atoms with van der Waals surface area (Å²) in [5.74, 6) is -0.210. The summed E-state index contributed by atoms with van der Waals surface area (Å²) >= 11 is 0. The third-order valence-corrected chi connectivity index (χ3v) is 3.89. The lowest BCUT2D eigenvalue weighted by molar-refractivity contribution is -0.153. The maximum atomic E-state index is 11.5. The summed E-state index contributed by atoms with van der Waals surface area (Å²) in [4.78, 5) is 23.0. The number of allylic oxidation sites excluding steroid dienone is 8. The van der Waals surface area contributed by atoms with E-state index in [-0.39, 0.29) is 25.4 Å². The van der Waals surface area contributed by atoms with Gasteiger partial charge in [-0.1, -0.05) is 62.3 Å². The fourth-order valence-corrected chi connectivity index (χ4v) is 2.26. The molecule has 0 radical (unpaired) electrons. The average molecular weight is 393 g/mol. The van der Waals surface area contributed by atoms with Crippen LogP contribution < -0.4 is 0 Å². The monoisotopic (exact) mass is 392 g/mol. The van der Waals surface area contributed by atoms with E-state index >= 15 is 0 Å². The molecule has 0 unspecified atom stereocenters. The maximum Gasteiger partial charge on any atom is 0.306 e. The zero-order valence-electron chi connectivity index (χ0n) is 17.1. The first-order valence-corrected chi connectivity index (χ1v) is 10.2. The number of rotatable bonds is 17. The molecule has 0 saturated heterocycles. The van der Waals surface area contributed by atoms with E-state index in [2.05, 4.69) is 19.1 Å². The number of aliphatic hydroxyl groups excluding tert-OH is 2. The molecule has 2 N–H and O–H groups in total. The van der Waals surface area contributed by atoms with Gasteiger partial charge in [0.1, 0.15) is 6.10 Å². The van der Waals surface area contributed by atoms with Crippen molar-refractivity contribution in [3.8, 4) is 0 Å². The van der Waals surface area contributed by atoms with E-state index in [4.69, 9.17) is 14.9 Å². The van der Waals surface area contributed by atoms with Gasteiger partial charge in [-0.15, -0.1) is 0 Å². The van der Waals surface area contributed by atoms with E-state index in [1.54, 1.807) is 12.2 Å². The number of hydrogen-bond donors (Lipinski definition) is 2. The summed E-state index contributed by atoms with van der Waals surface area (Å²) in [6.07, 6.45) is 22.0. The van der Waals surface area contributed by atoms with Gasteiger partial charge in [-0.05, 0) is 38.2 Å². The molecule has 28 heavy (non-hydrogen) atoms. The Hall–Kier alpha value is -1.98. The third-order valence-electron chi connectivity index (χ3n) is 3.89. The Morgan fingerprint density at radius 3 is 2.21 bits per heavy atom. The highest BCUT2D eigenvalue weighted by molar-refractivity contribution is 5.89. The van der Waals surface area contributed by atoms with Gasteiger partial charge in [0.05, 0.1) is 13.2 Å². The lowest BCUT2D eigenvalue weighted by Crippen LogP contribution is -2.25. The second-order valence-electron chi connectivity index (χ2n) is 6.49. The number of aliphatic hydroxyl groups is 2. The molecule has 0 bridgehead atoms. The standard InChI is InChI=1S/C23H36O5/c1-2-3-13-16-21(26)17-14-11-9-7-5-4-6-8-10-12-15-18-23(27)28-22(19-24)20-25/h4-5,8-11,14,17,22,24-25H,2-3,6-7,12-13,15-16,18-20H2,1H3/b5-4-,10-8-,11-9-,17-14+. The Morgan fingerprint density at radius 2 is 1.54 bits per heavy atom. The van der Waals surface area contributed by atoms with Crippen LogP contribution in [0.5, 0.6) is 0 Å². The van der Waals surface area contributed by atoms with Crippen molar-refractivity contribution in [3.05, 3.63) is 48.6 Å². The van der Waals surface area contributed by atoms with Gasteiger partial charge in [-0.25, -0.2) is 0 Å². The van der Waals surface area contributed by atoms with Crippen LogP contribution in [0.3, 0.4) is 0 Å². The van der Waals surface area contributed by atoms with Crippen molar-refractivity contribution in [2.45, 2.75) is 70.8 Å². The van der Waals surface area contributed by atoms with Gasteiger partial charge in [0, 0.05) is 12.8 Å². The Kier molecular flexibility index (Phi) is 18.4. The van der Waals surface area contributed by atoms with Crippen LogP contribution in [0.2, 0.25) is 0 Å². The van der Waals surface area contributed by atoms with Crippen LogP contribution in [-0.4, -0.2) is 41.3 Å². The van der Waals surface area contributed by atoms with Crippen molar-refractivity contribution < 1.29 is 24.5 Å². The van der Waals surface area contributed by atoms with Crippen molar-refractivity contribution >= 4 is 11.8 Å². The largest absolute Gasteiger partial charge is 0.457 e. The molecule has 5 nitrogen and oxygen atoms in total. The van der Waals surface area contributed by atoms with Crippen LogP contribution in [0.25, 0.3) is 0 Å². The number of unbranched alkanes of at least 4 members (excludes halogenated alkanes) is 3. The molecule has 0 atom stereocenters. The van der Waals surface area contributed by atoms with Gasteiger partial charge < -0.3 is 14.9 Å². The molecular weight excluding hydrogens is 356 g/mol. The molecule has 0 spiro atoms. The number of carbonyl (C=O) groups excluding carboxylic acids is 2. The lowest BCUT2D eigenvalue weighted by atomic mass is 10.1. The highest BCUT2D eigenvalue weighted by Gasteiger charge is 2.11. The Labute approximate surface area is 169 Å². The predicted octanol–water partition coefficient (Wildman–Crippen LogP) is 4.21. The Balaban J connectivity index is 3.68. The van der Waals surface area contributed by atoms with Gasteiger partial charge in [-0.3, -0.25) is 9.59 Å². The normalized spacial score (nSPS) is 12.3. The quantitative estimate of drug-likeness (QED) is 0.127. The fraction of sp³-hybridized carbons (Fsp3) is 0.565. The van der Waals surface area contributed by atoms with Crippen LogP contribution in [0.4, 0.5) is 0 Å². The number of ketones is 1. The number of carbonyl (C=O) groups is 2. The fourth-order valence-electron chi connectivity index (χ4n) is 2.26. The molecule has 0 aromatic rings. The molecule has 0 fully saturated rings. The molecule has 158 valence electrons. The average Bonchev–Trinajstić information content (AvgIpc) is 2.69. The first-order valence-electron chi connectivity index (χ1n) is 10.2. The zero-order valence-corrected chi connectivity index (χ0v) is 17.1. The van der Waals surface area contributed by atoms with E-state index in [0.29, 0.717) is 12.8 Å².